The molecule has 0 aromatic rings. The van der Waals surface area contributed by atoms with Crippen molar-refractivity contribution in [2.75, 3.05) is 13.7 Å². The molecule has 5 nitrogen and oxygen atoms in total. The first-order chi connectivity index (χ1) is 7.63. The van der Waals surface area contributed by atoms with Gasteiger partial charge in [0.05, 0.1) is 20.1 Å². The van der Waals surface area contributed by atoms with Crippen LogP contribution in [0.1, 0.15) is 39.5 Å². The highest BCUT2D eigenvalue weighted by Crippen LogP contribution is 2.00. The van der Waals surface area contributed by atoms with Gasteiger partial charge in [-0.05, 0) is 12.8 Å². The molecule has 0 spiro atoms. The predicted octanol–water partition coefficient (Wildman–Crippen LogP) is 1.85. The lowest BCUT2D eigenvalue weighted by atomic mass is 10.1. The number of ether oxygens (including phenoxy) is 2. The fraction of sp³-hybridized carbons (Fsp3) is 0.818. The molecule has 0 aromatic heterocycles. The Morgan fingerprint density at radius 1 is 1.31 bits per heavy atom. The van der Waals surface area contributed by atoms with Crippen LogP contribution in [0, 0.1) is 0 Å². The molecule has 1 amide bonds. The summed E-state index contributed by atoms with van der Waals surface area (Å²) in [5, 5.41) is 2.63. The number of methoxy groups -OCH3 is 1. The maximum atomic E-state index is 11.3. The average molecular weight is 231 g/mol. The third-order valence-electron chi connectivity index (χ3n) is 2.19. The molecule has 0 saturated carbocycles. The van der Waals surface area contributed by atoms with E-state index in [9.17, 15) is 9.59 Å². The first kappa shape index (κ1) is 14.7. The molecule has 94 valence electrons. The van der Waals surface area contributed by atoms with Crippen LogP contribution in [-0.4, -0.2) is 31.8 Å². The minimum absolute atomic E-state index is 0.176. The first-order valence-electron chi connectivity index (χ1n) is 5.64. The van der Waals surface area contributed by atoms with Crippen molar-refractivity contribution >= 4 is 12.1 Å². The van der Waals surface area contributed by atoms with Gasteiger partial charge in [0.15, 0.2) is 0 Å². The third kappa shape index (κ3) is 7.09. The van der Waals surface area contributed by atoms with E-state index < -0.39 is 6.09 Å². The molecule has 0 fully saturated rings. The van der Waals surface area contributed by atoms with E-state index in [1.807, 2.05) is 13.8 Å². The molecular formula is C11H21NO4. The lowest BCUT2D eigenvalue weighted by Crippen LogP contribution is -2.36. The Bertz CT molecular complexity index is 218. The molecule has 0 radical (unpaired) electrons. The summed E-state index contributed by atoms with van der Waals surface area (Å²) in [7, 11) is 1.33. The Morgan fingerprint density at radius 2 is 2.00 bits per heavy atom. The Hall–Kier alpha value is -1.26. The van der Waals surface area contributed by atoms with Crippen molar-refractivity contribution in [3.8, 4) is 0 Å². The summed E-state index contributed by atoms with van der Waals surface area (Å²) in [5.41, 5.74) is 0. The Morgan fingerprint density at radius 3 is 2.50 bits per heavy atom. The number of nitrogens with one attached hydrogen (secondary N) is 1. The van der Waals surface area contributed by atoms with Crippen LogP contribution in [0.15, 0.2) is 0 Å². The highest BCUT2D eigenvalue weighted by molar-refractivity contribution is 5.72. The molecule has 0 aliphatic rings. The van der Waals surface area contributed by atoms with Gasteiger partial charge in [0, 0.05) is 6.04 Å². The fourth-order valence-electron chi connectivity index (χ4n) is 1.10. The van der Waals surface area contributed by atoms with Gasteiger partial charge >= 0.3 is 12.1 Å². The largest absolute Gasteiger partial charge is 0.469 e. The van der Waals surface area contributed by atoms with Crippen LogP contribution < -0.4 is 5.32 Å². The summed E-state index contributed by atoms with van der Waals surface area (Å²) in [6, 6.07) is -0.221. The number of carbonyl (C=O) groups excluding carboxylic acids is 2. The molecule has 0 aromatic carbocycles. The van der Waals surface area contributed by atoms with Crippen LogP contribution in [0.5, 0.6) is 0 Å². The number of carbonyl (C=O) groups is 2. The van der Waals surface area contributed by atoms with Crippen LogP contribution in [0.2, 0.25) is 0 Å². The van der Waals surface area contributed by atoms with Gasteiger partial charge in [-0.2, -0.15) is 0 Å². The lowest BCUT2D eigenvalue weighted by molar-refractivity contribution is -0.141. The molecule has 0 rings (SSSR count). The molecule has 5 heteroatoms. The molecule has 16 heavy (non-hydrogen) atoms. The van der Waals surface area contributed by atoms with E-state index in [4.69, 9.17) is 4.74 Å². The minimum Gasteiger partial charge on any atom is -0.469 e. The number of esters is 1. The van der Waals surface area contributed by atoms with E-state index in [0.29, 0.717) is 13.0 Å². The molecule has 0 bridgehead atoms. The van der Waals surface area contributed by atoms with Crippen molar-refractivity contribution < 1.29 is 19.1 Å². The van der Waals surface area contributed by atoms with Crippen molar-refractivity contribution in [2.45, 2.75) is 45.6 Å². The van der Waals surface area contributed by atoms with Crippen molar-refractivity contribution in [3.63, 3.8) is 0 Å². The number of hydrogen-bond acceptors (Lipinski definition) is 4. The van der Waals surface area contributed by atoms with Gasteiger partial charge in [-0.25, -0.2) is 4.79 Å². The molecule has 1 atom stereocenters. The SMILES string of the molecule is CCCCOC(=O)NC(CC)CC(=O)OC. The zero-order valence-corrected chi connectivity index (χ0v) is 10.2. The molecule has 0 aliphatic carbocycles. The average Bonchev–Trinajstić information content (AvgIpc) is 2.28. The Kier molecular flexibility index (Phi) is 8.29. The van der Waals surface area contributed by atoms with Gasteiger partial charge in [0.2, 0.25) is 0 Å². The van der Waals surface area contributed by atoms with Crippen molar-refractivity contribution in [1.29, 1.82) is 0 Å². The standard InChI is InChI=1S/C11H21NO4/c1-4-6-7-16-11(14)12-9(5-2)8-10(13)15-3/h9H,4-8H2,1-3H3,(H,12,14). The zero-order valence-electron chi connectivity index (χ0n) is 10.2. The third-order valence-corrected chi connectivity index (χ3v) is 2.19. The zero-order chi connectivity index (χ0) is 12.4. The molecule has 0 aliphatic heterocycles. The highest BCUT2D eigenvalue weighted by atomic mass is 16.5. The van der Waals surface area contributed by atoms with E-state index in [0.717, 1.165) is 12.8 Å². The summed E-state index contributed by atoms with van der Waals surface area (Å²) in [5.74, 6) is -0.333. The predicted molar refractivity (Wildman–Crippen MR) is 60.1 cm³/mol. The minimum atomic E-state index is -0.468. The van der Waals surface area contributed by atoms with Crippen LogP contribution >= 0.6 is 0 Å². The van der Waals surface area contributed by atoms with Crippen LogP contribution in [0.3, 0.4) is 0 Å². The van der Waals surface area contributed by atoms with E-state index in [-0.39, 0.29) is 18.4 Å². The van der Waals surface area contributed by atoms with Gasteiger partial charge in [-0.15, -0.1) is 0 Å². The van der Waals surface area contributed by atoms with Crippen molar-refractivity contribution in [2.24, 2.45) is 0 Å². The normalized spacial score (nSPS) is 11.7. The summed E-state index contributed by atoms with van der Waals surface area (Å²) in [6.45, 7) is 4.32. The quantitative estimate of drug-likeness (QED) is 0.536. The number of amides is 1. The van der Waals surface area contributed by atoms with Gasteiger partial charge in [0.25, 0.3) is 0 Å². The van der Waals surface area contributed by atoms with E-state index in [1.165, 1.54) is 7.11 Å². The van der Waals surface area contributed by atoms with Gasteiger partial charge in [-0.3, -0.25) is 4.79 Å². The van der Waals surface area contributed by atoms with Gasteiger partial charge in [0.1, 0.15) is 0 Å². The van der Waals surface area contributed by atoms with Crippen molar-refractivity contribution in [1.82, 2.24) is 5.32 Å². The summed E-state index contributed by atoms with van der Waals surface area (Å²) >= 11 is 0. The molecule has 0 heterocycles. The second kappa shape index (κ2) is 9.00. The number of hydrogen-bond donors (Lipinski definition) is 1. The summed E-state index contributed by atoms with van der Waals surface area (Å²) < 4.78 is 9.46. The van der Waals surface area contributed by atoms with E-state index in [1.54, 1.807) is 0 Å². The number of unbranched alkanes of at least 4 members (excludes halogenated alkanes) is 1. The fourth-order valence-corrected chi connectivity index (χ4v) is 1.10. The monoisotopic (exact) mass is 231 g/mol. The lowest BCUT2D eigenvalue weighted by Gasteiger charge is -2.15. The molecule has 1 unspecified atom stereocenters. The van der Waals surface area contributed by atoms with E-state index >= 15 is 0 Å². The summed E-state index contributed by atoms with van der Waals surface area (Å²) in [6.07, 6.45) is 2.20. The Balaban J connectivity index is 3.83. The van der Waals surface area contributed by atoms with Crippen LogP contribution in [0.25, 0.3) is 0 Å². The van der Waals surface area contributed by atoms with Crippen molar-refractivity contribution in [3.05, 3.63) is 0 Å². The highest BCUT2D eigenvalue weighted by Gasteiger charge is 2.15. The summed E-state index contributed by atoms with van der Waals surface area (Å²) in [4.78, 5) is 22.3. The number of rotatable bonds is 7. The second-order valence-electron chi connectivity index (χ2n) is 3.52. The van der Waals surface area contributed by atoms with Gasteiger partial charge in [-0.1, -0.05) is 20.3 Å². The molecule has 0 saturated heterocycles. The van der Waals surface area contributed by atoms with E-state index in [2.05, 4.69) is 10.1 Å². The van der Waals surface area contributed by atoms with Crippen LogP contribution in [-0.2, 0) is 14.3 Å². The van der Waals surface area contributed by atoms with Crippen LogP contribution in [0.4, 0.5) is 4.79 Å². The smallest absolute Gasteiger partial charge is 0.407 e. The van der Waals surface area contributed by atoms with Gasteiger partial charge < -0.3 is 14.8 Å². The second-order valence-corrected chi connectivity index (χ2v) is 3.52. The first-order valence-corrected chi connectivity index (χ1v) is 5.64. The molecule has 1 N–H and O–H groups in total. The maximum Gasteiger partial charge on any atom is 0.407 e. The maximum absolute atomic E-state index is 11.3. The molecular weight excluding hydrogens is 210 g/mol. The number of alkyl carbamates (subject to hydrolysis) is 1. The topological polar surface area (TPSA) is 64.6 Å². The Labute approximate surface area is 96.5 Å².